The van der Waals surface area contributed by atoms with Crippen LogP contribution in [-0.4, -0.2) is 23.6 Å². The molecule has 2 N–H and O–H groups in total. The first-order valence-electron chi connectivity index (χ1n) is 9.18. The van der Waals surface area contributed by atoms with E-state index in [9.17, 15) is 4.79 Å². The van der Waals surface area contributed by atoms with Crippen molar-refractivity contribution in [1.82, 2.24) is 10.3 Å². The van der Waals surface area contributed by atoms with Crippen LogP contribution in [0.1, 0.15) is 37.7 Å². The lowest BCUT2D eigenvalue weighted by atomic mass is 9.96. The number of hydrogen-bond donors (Lipinski definition) is 2. The van der Waals surface area contributed by atoms with Crippen LogP contribution >= 0.6 is 0 Å². The SMILES string of the molecule is O=C(Nc1ccc(N2CCc3ccccc32)cn1)NC1CCCCC1. The lowest BCUT2D eigenvalue weighted by molar-refractivity contribution is 0.244. The van der Waals surface area contributed by atoms with Crippen LogP contribution in [-0.2, 0) is 6.42 Å². The second-order valence-electron chi connectivity index (χ2n) is 6.87. The van der Waals surface area contributed by atoms with Crippen LogP contribution in [0.2, 0.25) is 0 Å². The molecule has 1 fully saturated rings. The molecule has 0 atom stereocenters. The zero-order valence-electron chi connectivity index (χ0n) is 14.4. The molecule has 25 heavy (non-hydrogen) atoms. The Hall–Kier alpha value is -2.56. The molecule has 5 heteroatoms. The van der Waals surface area contributed by atoms with Crippen LogP contribution in [0.25, 0.3) is 0 Å². The second-order valence-corrected chi connectivity index (χ2v) is 6.87. The predicted molar refractivity (Wildman–Crippen MR) is 100 cm³/mol. The molecule has 1 saturated carbocycles. The number of carbonyl (C=O) groups excluding carboxylic acids is 1. The molecule has 1 aromatic carbocycles. The van der Waals surface area contributed by atoms with E-state index in [1.165, 1.54) is 30.5 Å². The maximum atomic E-state index is 12.1. The van der Waals surface area contributed by atoms with Crippen molar-refractivity contribution in [2.75, 3.05) is 16.8 Å². The molecule has 2 aliphatic rings. The molecule has 0 unspecified atom stereocenters. The van der Waals surface area contributed by atoms with Gasteiger partial charge < -0.3 is 10.2 Å². The number of pyridine rings is 1. The third-order valence-corrected chi connectivity index (χ3v) is 5.13. The van der Waals surface area contributed by atoms with Crippen LogP contribution < -0.4 is 15.5 Å². The number of fused-ring (bicyclic) bond motifs is 1. The van der Waals surface area contributed by atoms with Gasteiger partial charge in [-0.3, -0.25) is 5.32 Å². The highest BCUT2D eigenvalue weighted by Gasteiger charge is 2.20. The van der Waals surface area contributed by atoms with Gasteiger partial charge in [-0.25, -0.2) is 9.78 Å². The first-order chi connectivity index (χ1) is 12.3. The fourth-order valence-corrected chi connectivity index (χ4v) is 3.81. The van der Waals surface area contributed by atoms with Crippen molar-refractivity contribution >= 4 is 23.2 Å². The summed E-state index contributed by atoms with van der Waals surface area (Å²) in [6.45, 7) is 0.968. The van der Waals surface area contributed by atoms with Crippen LogP contribution in [0.5, 0.6) is 0 Å². The van der Waals surface area contributed by atoms with E-state index in [0.717, 1.165) is 31.5 Å². The standard InChI is InChI=1S/C20H24N4O/c25-20(22-16-7-2-1-3-8-16)23-19-11-10-17(14-21-19)24-13-12-15-6-4-5-9-18(15)24/h4-6,9-11,14,16H,1-3,7-8,12-13H2,(H2,21,22,23,25). The fourth-order valence-electron chi connectivity index (χ4n) is 3.81. The number of benzene rings is 1. The lowest BCUT2D eigenvalue weighted by Crippen LogP contribution is -2.39. The number of nitrogens with one attached hydrogen (secondary N) is 2. The minimum Gasteiger partial charge on any atom is -0.340 e. The van der Waals surface area contributed by atoms with E-state index < -0.39 is 0 Å². The molecule has 1 aromatic heterocycles. The Labute approximate surface area is 148 Å². The van der Waals surface area contributed by atoms with E-state index in [-0.39, 0.29) is 6.03 Å². The third-order valence-electron chi connectivity index (χ3n) is 5.13. The minimum absolute atomic E-state index is 0.154. The molecule has 2 heterocycles. The van der Waals surface area contributed by atoms with Gasteiger partial charge in [0.15, 0.2) is 0 Å². The van der Waals surface area contributed by atoms with Crippen molar-refractivity contribution in [3.05, 3.63) is 48.2 Å². The monoisotopic (exact) mass is 336 g/mol. The number of para-hydroxylation sites is 1. The summed E-state index contributed by atoms with van der Waals surface area (Å²) in [5.74, 6) is 0.588. The van der Waals surface area contributed by atoms with Gasteiger partial charge in [0.2, 0.25) is 0 Å². The molecule has 0 bridgehead atoms. The topological polar surface area (TPSA) is 57.3 Å². The van der Waals surface area contributed by atoms with Gasteiger partial charge in [0, 0.05) is 18.3 Å². The summed E-state index contributed by atoms with van der Waals surface area (Å²) in [6.07, 6.45) is 8.73. The largest absolute Gasteiger partial charge is 0.340 e. The molecule has 1 aliphatic carbocycles. The van der Waals surface area contributed by atoms with Gasteiger partial charge in [-0.1, -0.05) is 37.5 Å². The Morgan fingerprint density at radius 2 is 1.92 bits per heavy atom. The van der Waals surface area contributed by atoms with Gasteiger partial charge in [0.25, 0.3) is 0 Å². The van der Waals surface area contributed by atoms with Crippen molar-refractivity contribution in [2.45, 2.75) is 44.6 Å². The molecule has 0 saturated heterocycles. The Kier molecular flexibility index (Phi) is 4.55. The van der Waals surface area contributed by atoms with Crippen molar-refractivity contribution < 1.29 is 4.79 Å². The highest BCUT2D eigenvalue weighted by Crippen LogP contribution is 2.33. The zero-order chi connectivity index (χ0) is 17.1. The van der Waals surface area contributed by atoms with Gasteiger partial charge in [-0.15, -0.1) is 0 Å². The van der Waals surface area contributed by atoms with Crippen molar-refractivity contribution in [1.29, 1.82) is 0 Å². The summed E-state index contributed by atoms with van der Waals surface area (Å²) in [5.41, 5.74) is 3.68. The summed E-state index contributed by atoms with van der Waals surface area (Å²) in [5, 5.41) is 5.90. The quantitative estimate of drug-likeness (QED) is 0.882. The van der Waals surface area contributed by atoms with E-state index in [0.29, 0.717) is 11.9 Å². The lowest BCUT2D eigenvalue weighted by Gasteiger charge is -2.23. The number of carbonyl (C=O) groups is 1. The molecule has 1 aliphatic heterocycles. The number of amides is 2. The first-order valence-corrected chi connectivity index (χ1v) is 9.18. The average molecular weight is 336 g/mol. The third kappa shape index (κ3) is 3.60. The molecule has 130 valence electrons. The van der Waals surface area contributed by atoms with Crippen molar-refractivity contribution in [3.63, 3.8) is 0 Å². The second kappa shape index (κ2) is 7.13. The van der Waals surface area contributed by atoms with Crippen molar-refractivity contribution in [2.24, 2.45) is 0 Å². The maximum Gasteiger partial charge on any atom is 0.320 e. The highest BCUT2D eigenvalue weighted by atomic mass is 16.2. The smallest absolute Gasteiger partial charge is 0.320 e. The number of aromatic nitrogens is 1. The van der Waals surface area contributed by atoms with Gasteiger partial charge in [0.05, 0.1) is 11.9 Å². The van der Waals surface area contributed by atoms with E-state index in [1.807, 2.05) is 18.3 Å². The molecule has 5 nitrogen and oxygen atoms in total. The van der Waals surface area contributed by atoms with E-state index in [4.69, 9.17) is 0 Å². The molecular formula is C20H24N4O. The summed E-state index contributed by atoms with van der Waals surface area (Å²) in [7, 11) is 0. The molecule has 0 spiro atoms. The summed E-state index contributed by atoms with van der Waals surface area (Å²) in [4.78, 5) is 18.8. The van der Waals surface area contributed by atoms with Gasteiger partial charge >= 0.3 is 6.03 Å². The van der Waals surface area contributed by atoms with Gasteiger partial charge in [-0.2, -0.15) is 0 Å². The van der Waals surface area contributed by atoms with E-state index in [2.05, 4.69) is 44.8 Å². The highest BCUT2D eigenvalue weighted by molar-refractivity contribution is 5.88. The summed E-state index contributed by atoms with van der Waals surface area (Å²) >= 11 is 0. The van der Waals surface area contributed by atoms with E-state index >= 15 is 0 Å². The summed E-state index contributed by atoms with van der Waals surface area (Å²) < 4.78 is 0. The average Bonchev–Trinajstić information content (AvgIpc) is 3.07. The van der Waals surface area contributed by atoms with E-state index in [1.54, 1.807) is 0 Å². The number of urea groups is 1. The molecular weight excluding hydrogens is 312 g/mol. The number of hydrogen-bond acceptors (Lipinski definition) is 3. The van der Waals surface area contributed by atoms with Crippen LogP contribution in [0.4, 0.5) is 22.0 Å². The van der Waals surface area contributed by atoms with Gasteiger partial charge in [0.1, 0.15) is 5.82 Å². The molecule has 4 rings (SSSR count). The molecule has 0 radical (unpaired) electrons. The normalized spacial score (nSPS) is 17.2. The predicted octanol–water partition coefficient (Wildman–Crippen LogP) is 4.23. The van der Waals surface area contributed by atoms with Crippen LogP contribution in [0.3, 0.4) is 0 Å². The van der Waals surface area contributed by atoms with Crippen LogP contribution in [0.15, 0.2) is 42.6 Å². The van der Waals surface area contributed by atoms with Crippen molar-refractivity contribution in [3.8, 4) is 0 Å². The number of nitrogens with zero attached hydrogens (tertiary/aromatic N) is 2. The Morgan fingerprint density at radius 3 is 2.72 bits per heavy atom. The maximum absolute atomic E-state index is 12.1. The van der Waals surface area contributed by atoms with Crippen LogP contribution in [0, 0.1) is 0 Å². The molecule has 2 aromatic rings. The Bertz CT molecular complexity index is 738. The fraction of sp³-hybridized carbons (Fsp3) is 0.400. The number of anilines is 3. The Balaban J connectivity index is 1.38. The van der Waals surface area contributed by atoms with Gasteiger partial charge in [-0.05, 0) is 43.0 Å². The zero-order valence-corrected chi connectivity index (χ0v) is 14.4. The minimum atomic E-state index is -0.154. The first kappa shape index (κ1) is 15.9. The summed E-state index contributed by atoms with van der Waals surface area (Å²) in [6, 6.07) is 12.5. The Morgan fingerprint density at radius 1 is 1.08 bits per heavy atom. The molecule has 2 amide bonds. The number of rotatable bonds is 3.